The summed E-state index contributed by atoms with van der Waals surface area (Å²) < 4.78 is 4.49. The smallest absolute Gasteiger partial charge is 0.338 e. The SMILES string of the molecule is O=C(O)C1=CCCC1.O=C(O)C1CCC1.O=C(O)C1CCCC1.O=C(O)c1ccoc1. The van der Waals surface area contributed by atoms with Crippen LogP contribution in [0.2, 0.25) is 0 Å². The fourth-order valence-electron chi connectivity index (χ4n) is 3.08. The van der Waals surface area contributed by atoms with Gasteiger partial charge in [0.15, 0.2) is 0 Å². The molecule has 0 bridgehead atoms. The topological polar surface area (TPSA) is 162 Å². The van der Waals surface area contributed by atoms with Crippen LogP contribution in [0.5, 0.6) is 0 Å². The number of hydrogen-bond acceptors (Lipinski definition) is 5. The van der Waals surface area contributed by atoms with Gasteiger partial charge in [0.2, 0.25) is 0 Å². The van der Waals surface area contributed by atoms with Gasteiger partial charge in [0, 0.05) is 5.57 Å². The van der Waals surface area contributed by atoms with E-state index in [0.29, 0.717) is 5.57 Å². The fourth-order valence-corrected chi connectivity index (χ4v) is 3.08. The first-order valence-corrected chi connectivity index (χ1v) is 10.4. The van der Waals surface area contributed by atoms with E-state index in [1.165, 1.54) is 18.6 Å². The van der Waals surface area contributed by atoms with Crippen molar-refractivity contribution in [1.82, 2.24) is 0 Å². The zero-order chi connectivity index (χ0) is 23.2. The van der Waals surface area contributed by atoms with Crippen LogP contribution in [0, 0.1) is 11.8 Å². The van der Waals surface area contributed by atoms with E-state index in [4.69, 9.17) is 20.4 Å². The van der Waals surface area contributed by atoms with Crippen LogP contribution in [0.25, 0.3) is 0 Å². The molecule has 2 saturated carbocycles. The molecular weight excluding hydrogens is 408 g/mol. The van der Waals surface area contributed by atoms with Crippen LogP contribution in [0.15, 0.2) is 34.7 Å². The first-order valence-electron chi connectivity index (χ1n) is 10.4. The predicted octanol–water partition coefficient (Wildman–Crippen LogP) is 4.29. The summed E-state index contributed by atoms with van der Waals surface area (Å²) in [6, 6.07) is 1.39. The standard InChI is InChI=1S/C6H10O2.C6H8O2.C5H4O3.C5H8O2/c2*7-6(8)5-3-1-2-4-5;6-5(7)4-1-2-8-3-4;6-5(7)4-2-1-3-4/h5H,1-4H2,(H,7,8);3H,1-2,4H2,(H,7,8);1-3H,(H,6,7);4H,1-3H2,(H,6,7). The zero-order valence-corrected chi connectivity index (χ0v) is 17.4. The van der Waals surface area contributed by atoms with Crippen LogP contribution in [0.4, 0.5) is 0 Å². The molecule has 2 fully saturated rings. The maximum Gasteiger partial charge on any atom is 0.338 e. The molecule has 0 saturated heterocycles. The van der Waals surface area contributed by atoms with Gasteiger partial charge in [-0.05, 0) is 51.0 Å². The van der Waals surface area contributed by atoms with E-state index in [-0.39, 0.29) is 17.4 Å². The van der Waals surface area contributed by atoms with Gasteiger partial charge in [0.25, 0.3) is 0 Å². The predicted molar refractivity (Wildman–Crippen MR) is 110 cm³/mol. The molecule has 9 nitrogen and oxygen atoms in total. The largest absolute Gasteiger partial charge is 0.481 e. The molecule has 4 N–H and O–H groups in total. The van der Waals surface area contributed by atoms with Gasteiger partial charge in [-0.3, -0.25) is 9.59 Å². The molecule has 1 aromatic heterocycles. The lowest BCUT2D eigenvalue weighted by Gasteiger charge is -2.19. The summed E-state index contributed by atoms with van der Waals surface area (Å²) in [6.45, 7) is 0. The molecule has 9 heteroatoms. The highest BCUT2D eigenvalue weighted by Gasteiger charge is 2.24. The molecular formula is C22H30O9. The number of aliphatic carboxylic acids is 3. The van der Waals surface area contributed by atoms with Crippen LogP contribution in [0.3, 0.4) is 0 Å². The van der Waals surface area contributed by atoms with E-state index < -0.39 is 23.9 Å². The number of carboxylic acid groups (broad SMARTS) is 4. The van der Waals surface area contributed by atoms with Crippen molar-refractivity contribution in [3.8, 4) is 0 Å². The Morgan fingerprint density at radius 1 is 0.774 bits per heavy atom. The highest BCUT2D eigenvalue weighted by Crippen LogP contribution is 2.26. The van der Waals surface area contributed by atoms with Gasteiger partial charge >= 0.3 is 23.9 Å². The maximum atomic E-state index is 10.2. The quantitative estimate of drug-likeness (QED) is 0.537. The first-order chi connectivity index (χ1) is 14.7. The average molecular weight is 438 g/mol. The monoisotopic (exact) mass is 438 g/mol. The third-order valence-corrected chi connectivity index (χ3v) is 5.24. The normalized spacial score (nSPS) is 17.4. The van der Waals surface area contributed by atoms with Crippen LogP contribution in [-0.4, -0.2) is 44.3 Å². The molecule has 0 aliphatic heterocycles. The molecule has 0 spiro atoms. The lowest BCUT2D eigenvalue weighted by Crippen LogP contribution is -2.20. The van der Waals surface area contributed by atoms with Crippen molar-refractivity contribution in [2.75, 3.05) is 0 Å². The van der Waals surface area contributed by atoms with Crippen molar-refractivity contribution in [2.24, 2.45) is 11.8 Å². The Hall–Kier alpha value is -3.10. The second-order valence-electron chi connectivity index (χ2n) is 7.53. The number of carbonyl (C=O) groups is 4. The number of aromatic carboxylic acids is 1. The lowest BCUT2D eigenvalue weighted by molar-refractivity contribution is -0.144. The number of allylic oxidation sites excluding steroid dienone is 1. The fraction of sp³-hybridized carbons (Fsp3) is 0.545. The van der Waals surface area contributed by atoms with Crippen LogP contribution in [0.1, 0.15) is 74.6 Å². The minimum absolute atomic E-state index is 0.000000000000000444. The summed E-state index contributed by atoms with van der Waals surface area (Å²) in [4.78, 5) is 40.3. The molecule has 1 aromatic rings. The minimum atomic E-state index is -0.959. The zero-order valence-electron chi connectivity index (χ0n) is 17.4. The summed E-state index contributed by atoms with van der Waals surface area (Å²) in [5.41, 5.74) is 0.773. The number of carboxylic acids is 4. The summed E-state index contributed by atoms with van der Waals surface area (Å²) >= 11 is 0. The van der Waals surface area contributed by atoms with Crippen molar-refractivity contribution in [3.63, 3.8) is 0 Å². The Kier molecular flexibility index (Phi) is 11.7. The first kappa shape index (κ1) is 25.9. The third kappa shape index (κ3) is 10.5. The van der Waals surface area contributed by atoms with Crippen molar-refractivity contribution >= 4 is 23.9 Å². The molecule has 1 heterocycles. The molecule has 4 rings (SSSR count). The summed E-state index contributed by atoms with van der Waals surface area (Å²) in [5, 5.41) is 33.2. The molecule has 0 unspecified atom stereocenters. The van der Waals surface area contributed by atoms with Gasteiger partial charge in [0.05, 0.1) is 23.7 Å². The highest BCUT2D eigenvalue weighted by atomic mass is 16.4. The maximum absolute atomic E-state index is 10.2. The Morgan fingerprint density at radius 2 is 1.32 bits per heavy atom. The number of rotatable bonds is 4. The van der Waals surface area contributed by atoms with E-state index in [1.807, 2.05) is 0 Å². The van der Waals surface area contributed by atoms with Crippen LogP contribution in [-0.2, 0) is 14.4 Å². The molecule has 0 aromatic carbocycles. The molecule has 0 radical (unpaired) electrons. The van der Waals surface area contributed by atoms with Gasteiger partial charge < -0.3 is 24.8 Å². The second-order valence-corrected chi connectivity index (χ2v) is 7.53. The van der Waals surface area contributed by atoms with Gasteiger partial charge in [-0.25, -0.2) is 9.59 Å². The van der Waals surface area contributed by atoms with Crippen LogP contribution < -0.4 is 0 Å². The van der Waals surface area contributed by atoms with Crippen molar-refractivity contribution in [3.05, 3.63) is 35.8 Å². The van der Waals surface area contributed by atoms with Gasteiger partial charge in [-0.15, -0.1) is 0 Å². The molecule has 3 aliphatic rings. The van der Waals surface area contributed by atoms with Crippen molar-refractivity contribution in [2.45, 2.75) is 64.2 Å². The van der Waals surface area contributed by atoms with Crippen molar-refractivity contribution < 1.29 is 44.0 Å². The van der Waals surface area contributed by atoms with Gasteiger partial charge in [-0.1, -0.05) is 25.3 Å². The average Bonchev–Trinajstić information content (AvgIpc) is 3.45. The second kappa shape index (κ2) is 14.0. The molecule has 0 atom stereocenters. The summed E-state index contributed by atoms with van der Waals surface area (Å²) in [7, 11) is 0. The molecule has 3 aliphatic carbocycles. The van der Waals surface area contributed by atoms with E-state index in [9.17, 15) is 19.2 Å². The Morgan fingerprint density at radius 3 is 1.52 bits per heavy atom. The minimum Gasteiger partial charge on any atom is -0.481 e. The molecule has 172 valence electrons. The van der Waals surface area contributed by atoms with Gasteiger partial charge in [-0.2, -0.15) is 0 Å². The number of furan rings is 1. The molecule has 31 heavy (non-hydrogen) atoms. The van der Waals surface area contributed by atoms with E-state index >= 15 is 0 Å². The highest BCUT2D eigenvalue weighted by molar-refractivity contribution is 5.87. The third-order valence-electron chi connectivity index (χ3n) is 5.24. The Bertz CT molecular complexity index is 739. The van der Waals surface area contributed by atoms with E-state index in [1.54, 1.807) is 6.08 Å². The van der Waals surface area contributed by atoms with E-state index in [2.05, 4.69) is 4.42 Å². The summed E-state index contributed by atoms with van der Waals surface area (Å²) in [6.07, 6.45) is 13.9. The number of hydrogen-bond donors (Lipinski definition) is 4. The van der Waals surface area contributed by atoms with E-state index in [0.717, 1.165) is 64.2 Å². The Balaban J connectivity index is 0.000000207. The van der Waals surface area contributed by atoms with Crippen molar-refractivity contribution in [1.29, 1.82) is 0 Å². The van der Waals surface area contributed by atoms with Gasteiger partial charge in [0.1, 0.15) is 6.26 Å². The van der Waals surface area contributed by atoms with Crippen LogP contribution >= 0.6 is 0 Å². The molecule has 0 amide bonds. The Labute approximate surface area is 180 Å². The summed E-state index contributed by atoms with van der Waals surface area (Å²) in [5.74, 6) is -2.95. The lowest BCUT2D eigenvalue weighted by atomic mass is 9.86.